The summed E-state index contributed by atoms with van der Waals surface area (Å²) in [4.78, 5) is 2.11. The van der Waals surface area contributed by atoms with Crippen LogP contribution in [0.1, 0.15) is 6.42 Å². The molecule has 4 nitrogen and oxygen atoms in total. The highest BCUT2D eigenvalue weighted by atomic mass is 35.5. The van der Waals surface area contributed by atoms with E-state index in [4.69, 9.17) is 16.3 Å². The van der Waals surface area contributed by atoms with Gasteiger partial charge in [-0.15, -0.1) is 11.6 Å². The first kappa shape index (κ1) is 14.2. The van der Waals surface area contributed by atoms with Gasteiger partial charge in [0.25, 0.3) is 0 Å². The Balaban J connectivity index is 1.88. The van der Waals surface area contributed by atoms with E-state index < -0.39 is 9.84 Å². The average molecular weight is 316 g/mol. The molecule has 2 saturated heterocycles. The van der Waals surface area contributed by atoms with Crippen molar-refractivity contribution < 1.29 is 13.2 Å². The number of sulfone groups is 1. The Morgan fingerprint density at radius 1 is 1.30 bits per heavy atom. The Bertz CT molecular complexity index is 561. The van der Waals surface area contributed by atoms with E-state index in [1.807, 2.05) is 30.3 Å². The largest absolute Gasteiger partial charge is 0.357 e. The third-order valence-electron chi connectivity index (χ3n) is 4.01. The van der Waals surface area contributed by atoms with Gasteiger partial charge in [0.05, 0.1) is 18.1 Å². The molecule has 0 aliphatic carbocycles. The van der Waals surface area contributed by atoms with Crippen LogP contribution in [0.25, 0.3) is 0 Å². The molecule has 2 aliphatic heterocycles. The molecule has 2 fully saturated rings. The summed E-state index contributed by atoms with van der Waals surface area (Å²) in [6, 6.07) is 9.85. The minimum absolute atomic E-state index is 0.0154. The lowest BCUT2D eigenvalue weighted by Crippen LogP contribution is -2.57. The quantitative estimate of drug-likeness (QED) is 0.796. The molecule has 0 saturated carbocycles. The maximum atomic E-state index is 11.8. The van der Waals surface area contributed by atoms with E-state index in [2.05, 4.69) is 4.90 Å². The van der Waals surface area contributed by atoms with E-state index in [0.29, 0.717) is 18.9 Å². The van der Waals surface area contributed by atoms with E-state index in [-0.39, 0.29) is 29.7 Å². The predicted molar refractivity (Wildman–Crippen MR) is 79.9 cm³/mol. The molecule has 1 aromatic rings. The molecule has 20 heavy (non-hydrogen) atoms. The lowest BCUT2D eigenvalue weighted by atomic mass is 10.0. The van der Waals surface area contributed by atoms with Gasteiger partial charge < -0.3 is 9.64 Å². The van der Waals surface area contributed by atoms with Gasteiger partial charge in [-0.2, -0.15) is 0 Å². The first-order valence-electron chi connectivity index (χ1n) is 6.82. The summed E-state index contributed by atoms with van der Waals surface area (Å²) in [5.74, 6) is 1.27. The SMILES string of the molecule is O=S1(=O)CCC(N(c2ccccc2)C2OCC2CCl)C1. The van der Waals surface area contributed by atoms with Crippen molar-refractivity contribution in [2.24, 2.45) is 5.92 Å². The van der Waals surface area contributed by atoms with Crippen LogP contribution in [-0.4, -0.2) is 44.7 Å². The van der Waals surface area contributed by atoms with Crippen LogP contribution in [0.3, 0.4) is 0 Å². The topological polar surface area (TPSA) is 46.6 Å². The van der Waals surface area contributed by atoms with E-state index in [1.54, 1.807) is 0 Å². The second kappa shape index (κ2) is 5.54. The monoisotopic (exact) mass is 315 g/mol. The molecule has 0 N–H and O–H groups in total. The number of hydrogen-bond acceptors (Lipinski definition) is 4. The maximum Gasteiger partial charge on any atom is 0.152 e. The van der Waals surface area contributed by atoms with Crippen molar-refractivity contribution in [1.29, 1.82) is 0 Å². The average Bonchev–Trinajstić information content (AvgIpc) is 2.76. The van der Waals surface area contributed by atoms with Gasteiger partial charge in [0.2, 0.25) is 0 Å². The molecule has 0 amide bonds. The van der Waals surface area contributed by atoms with Gasteiger partial charge in [-0.3, -0.25) is 0 Å². The number of nitrogens with zero attached hydrogens (tertiary/aromatic N) is 1. The molecule has 2 heterocycles. The van der Waals surface area contributed by atoms with Crippen LogP contribution in [-0.2, 0) is 14.6 Å². The lowest BCUT2D eigenvalue weighted by Gasteiger charge is -2.47. The zero-order chi connectivity index (χ0) is 14.2. The van der Waals surface area contributed by atoms with Crippen molar-refractivity contribution in [1.82, 2.24) is 0 Å². The lowest BCUT2D eigenvalue weighted by molar-refractivity contribution is -0.107. The highest BCUT2D eigenvalue weighted by molar-refractivity contribution is 7.91. The van der Waals surface area contributed by atoms with Crippen molar-refractivity contribution in [2.45, 2.75) is 18.7 Å². The number of anilines is 1. The molecule has 3 atom stereocenters. The molecule has 1 aromatic carbocycles. The molecule has 110 valence electrons. The Morgan fingerprint density at radius 3 is 2.55 bits per heavy atom. The summed E-state index contributed by atoms with van der Waals surface area (Å²) in [6.07, 6.45) is 0.555. The molecule has 0 aromatic heterocycles. The highest BCUT2D eigenvalue weighted by Crippen LogP contribution is 2.34. The van der Waals surface area contributed by atoms with E-state index in [0.717, 1.165) is 5.69 Å². The molecular formula is C14H18ClNO3S. The van der Waals surface area contributed by atoms with Gasteiger partial charge in [0, 0.05) is 23.5 Å². The number of halogens is 1. The summed E-state index contributed by atoms with van der Waals surface area (Å²) in [5, 5.41) is 0. The van der Waals surface area contributed by atoms with Crippen LogP contribution < -0.4 is 4.90 Å². The number of benzene rings is 1. The standard InChI is InChI=1S/C14H18ClNO3S/c15-8-11-9-19-14(11)16(12-4-2-1-3-5-12)13-6-7-20(17,18)10-13/h1-5,11,13-14H,6-10H2. The minimum Gasteiger partial charge on any atom is -0.357 e. The second-order valence-corrected chi connectivity index (χ2v) is 7.98. The van der Waals surface area contributed by atoms with Crippen LogP contribution in [0, 0.1) is 5.92 Å². The van der Waals surface area contributed by atoms with E-state index in [1.165, 1.54) is 0 Å². The summed E-state index contributed by atoms with van der Waals surface area (Å²) in [7, 11) is -2.92. The van der Waals surface area contributed by atoms with Gasteiger partial charge in [-0.25, -0.2) is 8.42 Å². The summed E-state index contributed by atoms with van der Waals surface area (Å²) in [6.45, 7) is 0.650. The number of ether oxygens (including phenoxy) is 1. The van der Waals surface area contributed by atoms with E-state index >= 15 is 0 Å². The van der Waals surface area contributed by atoms with Crippen molar-refractivity contribution in [3.63, 3.8) is 0 Å². The molecular weight excluding hydrogens is 298 g/mol. The third-order valence-corrected chi connectivity index (χ3v) is 6.16. The first-order valence-corrected chi connectivity index (χ1v) is 9.18. The molecule has 0 bridgehead atoms. The summed E-state index contributed by atoms with van der Waals surface area (Å²) < 4.78 is 29.2. The Morgan fingerprint density at radius 2 is 2.05 bits per heavy atom. The fourth-order valence-corrected chi connectivity index (χ4v) is 4.86. The first-order chi connectivity index (χ1) is 9.61. The summed E-state index contributed by atoms with van der Waals surface area (Å²) in [5.41, 5.74) is 1.01. The number of hydrogen-bond donors (Lipinski definition) is 0. The minimum atomic E-state index is -2.92. The van der Waals surface area contributed by atoms with Gasteiger partial charge in [-0.1, -0.05) is 18.2 Å². The smallest absolute Gasteiger partial charge is 0.152 e. The van der Waals surface area contributed by atoms with Crippen molar-refractivity contribution in [2.75, 3.05) is 28.9 Å². The van der Waals surface area contributed by atoms with Crippen molar-refractivity contribution in [3.8, 4) is 0 Å². The van der Waals surface area contributed by atoms with Gasteiger partial charge in [0.15, 0.2) is 9.84 Å². The molecule has 3 unspecified atom stereocenters. The number of para-hydroxylation sites is 1. The molecule has 0 spiro atoms. The van der Waals surface area contributed by atoms with Gasteiger partial charge in [-0.05, 0) is 18.6 Å². The number of alkyl halides is 1. The molecule has 3 rings (SSSR count). The van der Waals surface area contributed by atoms with Gasteiger partial charge >= 0.3 is 0 Å². The van der Waals surface area contributed by atoms with Crippen molar-refractivity contribution >= 4 is 27.1 Å². The van der Waals surface area contributed by atoms with Crippen LogP contribution in [0.15, 0.2) is 30.3 Å². The molecule has 6 heteroatoms. The fourth-order valence-electron chi connectivity index (χ4n) is 2.91. The fraction of sp³-hybridized carbons (Fsp3) is 0.571. The zero-order valence-corrected chi connectivity index (χ0v) is 12.7. The Kier molecular flexibility index (Phi) is 3.93. The molecule has 0 radical (unpaired) electrons. The van der Waals surface area contributed by atoms with Gasteiger partial charge in [0.1, 0.15) is 6.23 Å². The van der Waals surface area contributed by atoms with Crippen LogP contribution in [0.2, 0.25) is 0 Å². The van der Waals surface area contributed by atoms with E-state index in [9.17, 15) is 8.42 Å². The predicted octanol–water partition coefficient (Wildman–Crippen LogP) is 1.89. The zero-order valence-electron chi connectivity index (χ0n) is 11.1. The van der Waals surface area contributed by atoms with Crippen molar-refractivity contribution in [3.05, 3.63) is 30.3 Å². The highest BCUT2D eigenvalue weighted by Gasteiger charge is 2.43. The maximum absolute atomic E-state index is 11.8. The molecule has 2 aliphatic rings. The van der Waals surface area contributed by atoms with Crippen LogP contribution >= 0.6 is 11.6 Å². The number of rotatable bonds is 4. The third kappa shape index (κ3) is 2.67. The van der Waals surface area contributed by atoms with Crippen LogP contribution in [0.4, 0.5) is 5.69 Å². The summed E-state index contributed by atoms with van der Waals surface area (Å²) >= 11 is 5.97. The Labute approximate surface area is 124 Å². The normalized spacial score (nSPS) is 31.8. The second-order valence-electron chi connectivity index (χ2n) is 5.44. The van der Waals surface area contributed by atoms with Crippen LogP contribution in [0.5, 0.6) is 0 Å². The Hall–Kier alpha value is -0.780.